The number of barbiturate groups is 1. The molecule has 1 N–H and O–H groups in total. The minimum atomic E-state index is -0.905. The Morgan fingerprint density at radius 3 is 2.29 bits per heavy atom. The molecule has 3 aromatic rings. The summed E-state index contributed by atoms with van der Waals surface area (Å²) >= 11 is 21.2. The van der Waals surface area contributed by atoms with E-state index in [4.69, 9.17) is 39.5 Å². The minimum Gasteiger partial charge on any atom is -0.422 e. The van der Waals surface area contributed by atoms with Gasteiger partial charge in [0.1, 0.15) is 11.3 Å². The van der Waals surface area contributed by atoms with Crippen molar-refractivity contribution in [3.63, 3.8) is 0 Å². The number of imide groups is 2. The van der Waals surface area contributed by atoms with Gasteiger partial charge in [-0.3, -0.25) is 14.9 Å². The van der Waals surface area contributed by atoms with Crippen molar-refractivity contribution in [2.45, 2.75) is 0 Å². The van der Waals surface area contributed by atoms with Gasteiger partial charge in [0.05, 0.1) is 16.3 Å². The van der Waals surface area contributed by atoms with E-state index in [0.29, 0.717) is 14.5 Å². The van der Waals surface area contributed by atoms with Crippen LogP contribution in [0.25, 0.3) is 6.08 Å². The van der Waals surface area contributed by atoms with Gasteiger partial charge in [-0.25, -0.2) is 14.5 Å². The Hall–Kier alpha value is -3.17. The van der Waals surface area contributed by atoms with Crippen molar-refractivity contribution in [2.24, 2.45) is 0 Å². The van der Waals surface area contributed by atoms with E-state index < -0.39 is 23.8 Å². The molecule has 0 atom stereocenters. The summed E-state index contributed by atoms with van der Waals surface area (Å²) in [6.45, 7) is 0. The van der Waals surface area contributed by atoms with Crippen LogP contribution in [-0.2, 0) is 9.59 Å². The number of hydrogen-bond donors (Lipinski definition) is 1. The molecule has 1 saturated heterocycles. The highest BCUT2D eigenvalue weighted by molar-refractivity contribution is 9.10. The summed E-state index contributed by atoms with van der Waals surface area (Å²) in [5, 5.41) is 2.99. The van der Waals surface area contributed by atoms with Crippen molar-refractivity contribution in [3.05, 3.63) is 96.9 Å². The number of amides is 4. The van der Waals surface area contributed by atoms with E-state index >= 15 is 0 Å². The topological polar surface area (TPSA) is 92.8 Å². The molecule has 0 aliphatic carbocycles. The molecule has 176 valence electrons. The molecule has 11 heteroatoms. The number of nitrogens with one attached hydrogen (secondary N) is 1. The molecule has 7 nitrogen and oxygen atoms in total. The van der Waals surface area contributed by atoms with E-state index in [1.54, 1.807) is 12.1 Å². The van der Waals surface area contributed by atoms with E-state index in [1.165, 1.54) is 54.6 Å². The van der Waals surface area contributed by atoms with Crippen LogP contribution in [0, 0.1) is 0 Å². The van der Waals surface area contributed by atoms with Crippen LogP contribution in [0.2, 0.25) is 15.1 Å². The second kappa shape index (κ2) is 10.2. The molecular formula is C24H12BrCl3N2O5. The first kappa shape index (κ1) is 24.9. The molecule has 0 aromatic heterocycles. The predicted octanol–water partition coefficient (Wildman–Crippen LogP) is 6.29. The van der Waals surface area contributed by atoms with E-state index in [1.807, 2.05) is 0 Å². The molecule has 1 fully saturated rings. The number of urea groups is 1. The highest BCUT2D eigenvalue weighted by atomic mass is 79.9. The number of rotatable bonds is 4. The third kappa shape index (κ3) is 5.41. The average Bonchev–Trinajstić information content (AvgIpc) is 2.79. The van der Waals surface area contributed by atoms with Crippen LogP contribution in [0.5, 0.6) is 5.75 Å². The zero-order valence-corrected chi connectivity index (χ0v) is 21.2. The molecule has 0 spiro atoms. The number of carbonyl (C=O) groups excluding carboxylic acids is 4. The van der Waals surface area contributed by atoms with Gasteiger partial charge < -0.3 is 4.74 Å². The van der Waals surface area contributed by atoms with Crippen LogP contribution in [-0.4, -0.2) is 23.8 Å². The van der Waals surface area contributed by atoms with Gasteiger partial charge in [-0.05, 0) is 66.7 Å². The Kier molecular flexibility index (Phi) is 7.28. The van der Waals surface area contributed by atoms with E-state index in [2.05, 4.69) is 21.2 Å². The van der Waals surface area contributed by atoms with E-state index in [-0.39, 0.29) is 33.2 Å². The van der Waals surface area contributed by atoms with Crippen LogP contribution >= 0.6 is 50.7 Å². The fraction of sp³-hybridized carbons (Fsp3) is 0. The number of ether oxygens (including phenoxy) is 1. The minimum absolute atomic E-state index is 0.0484. The number of halogens is 4. The van der Waals surface area contributed by atoms with Crippen LogP contribution < -0.4 is 15.0 Å². The number of benzene rings is 3. The van der Waals surface area contributed by atoms with Gasteiger partial charge in [0, 0.05) is 20.1 Å². The molecule has 0 radical (unpaired) electrons. The third-order valence-electron chi connectivity index (χ3n) is 4.81. The van der Waals surface area contributed by atoms with Crippen LogP contribution in [0.4, 0.5) is 10.5 Å². The third-order valence-corrected chi connectivity index (χ3v) is 6.10. The number of anilines is 1. The van der Waals surface area contributed by atoms with Crippen LogP contribution in [0.3, 0.4) is 0 Å². The summed E-state index contributed by atoms with van der Waals surface area (Å²) in [7, 11) is 0. The SMILES string of the molecule is O=C1NC(=O)N(c2ccc(Cl)cc2)C(=O)/C1=C\c1cc(Br)ccc1OC(=O)c1ccc(Cl)cc1Cl. The summed E-state index contributed by atoms with van der Waals surface area (Å²) < 4.78 is 6.08. The normalized spacial score (nSPS) is 14.8. The fourth-order valence-electron chi connectivity index (χ4n) is 3.17. The lowest BCUT2D eigenvalue weighted by atomic mass is 10.1. The van der Waals surface area contributed by atoms with Crippen molar-refractivity contribution in [2.75, 3.05) is 4.90 Å². The lowest BCUT2D eigenvalue weighted by molar-refractivity contribution is -0.122. The zero-order valence-electron chi connectivity index (χ0n) is 17.4. The standard InChI is InChI=1S/C24H12BrCl3N2O5/c25-13-1-8-20(35-23(33)17-7-4-15(27)11-19(17)28)12(9-13)10-18-21(31)29-24(34)30(22(18)32)16-5-2-14(26)3-6-16/h1-11H,(H,29,31,34)/b18-10-. The fourth-order valence-corrected chi connectivity index (χ4v) is 4.16. The predicted molar refractivity (Wildman–Crippen MR) is 136 cm³/mol. The maximum atomic E-state index is 13.1. The van der Waals surface area contributed by atoms with E-state index in [9.17, 15) is 19.2 Å². The molecular weight excluding hydrogens is 583 g/mol. The second-order valence-electron chi connectivity index (χ2n) is 7.13. The summed E-state index contributed by atoms with van der Waals surface area (Å²) in [5.74, 6) is -2.49. The molecule has 1 aliphatic rings. The average molecular weight is 595 g/mol. The van der Waals surface area contributed by atoms with Crippen LogP contribution in [0.15, 0.2) is 70.7 Å². The lowest BCUT2D eigenvalue weighted by Crippen LogP contribution is -2.54. The molecule has 4 rings (SSSR count). The molecule has 3 aromatic carbocycles. The zero-order chi connectivity index (χ0) is 25.3. The molecule has 0 saturated carbocycles. The largest absolute Gasteiger partial charge is 0.422 e. The Morgan fingerprint density at radius 2 is 1.60 bits per heavy atom. The highest BCUT2D eigenvalue weighted by Crippen LogP contribution is 2.30. The second-order valence-corrected chi connectivity index (χ2v) is 9.33. The number of nitrogens with zero attached hydrogens (tertiary/aromatic N) is 1. The van der Waals surface area contributed by atoms with Crippen molar-refractivity contribution in [3.8, 4) is 5.75 Å². The van der Waals surface area contributed by atoms with Crippen molar-refractivity contribution < 1.29 is 23.9 Å². The van der Waals surface area contributed by atoms with Crippen molar-refractivity contribution in [1.82, 2.24) is 5.32 Å². The first-order valence-electron chi connectivity index (χ1n) is 9.78. The van der Waals surface area contributed by atoms with Gasteiger partial charge in [0.25, 0.3) is 11.8 Å². The Balaban J connectivity index is 1.71. The van der Waals surface area contributed by atoms with Gasteiger partial charge in [0.15, 0.2) is 0 Å². The van der Waals surface area contributed by atoms with Crippen molar-refractivity contribution >= 4 is 86.3 Å². The Labute approximate surface area is 222 Å². The first-order chi connectivity index (χ1) is 16.6. The smallest absolute Gasteiger partial charge is 0.345 e. The van der Waals surface area contributed by atoms with Crippen LogP contribution in [0.1, 0.15) is 15.9 Å². The van der Waals surface area contributed by atoms with Gasteiger partial charge >= 0.3 is 12.0 Å². The maximum absolute atomic E-state index is 13.1. The molecule has 4 amide bonds. The number of hydrogen-bond acceptors (Lipinski definition) is 5. The summed E-state index contributed by atoms with van der Waals surface area (Å²) in [6, 6.07) is 14.0. The van der Waals surface area contributed by atoms with Crippen molar-refractivity contribution in [1.29, 1.82) is 0 Å². The lowest BCUT2D eigenvalue weighted by Gasteiger charge is -2.26. The quantitative estimate of drug-likeness (QED) is 0.166. The first-order valence-corrected chi connectivity index (χ1v) is 11.7. The number of carbonyl (C=O) groups is 4. The van der Waals surface area contributed by atoms with Gasteiger partial charge in [-0.2, -0.15) is 0 Å². The van der Waals surface area contributed by atoms with Gasteiger partial charge in [-0.15, -0.1) is 0 Å². The van der Waals surface area contributed by atoms with Gasteiger partial charge in [-0.1, -0.05) is 50.7 Å². The van der Waals surface area contributed by atoms with Gasteiger partial charge in [0.2, 0.25) is 0 Å². The molecule has 1 aliphatic heterocycles. The summed E-state index contributed by atoms with van der Waals surface area (Å²) in [5.41, 5.74) is 0.165. The summed E-state index contributed by atoms with van der Waals surface area (Å²) in [6.07, 6.45) is 1.23. The molecule has 0 bridgehead atoms. The molecule has 35 heavy (non-hydrogen) atoms. The van der Waals surface area contributed by atoms with E-state index in [0.717, 1.165) is 4.90 Å². The Bertz CT molecular complexity index is 1420. The Morgan fingerprint density at radius 1 is 0.914 bits per heavy atom. The monoisotopic (exact) mass is 592 g/mol. The highest BCUT2D eigenvalue weighted by Gasteiger charge is 2.37. The summed E-state index contributed by atoms with van der Waals surface area (Å²) in [4.78, 5) is 51.6. The molecule has 0 unspecified atom stereocenters. The number of esters is 1. The maximum Gasteiger partial charge on any atom is 0.345 e. The molecule has 1 heterocycles.